The van der Waals surface area contributed by atoms with Gasteiger partial charge in [0.05, 0.1) is 23.0 Å². The SMILES string of the molecule is CCc1cc2[n+](nc1CC)-c1cccc3cccc(c13)N2C.Cc1cc(C)c(S(=O)(=O)[O-])c(C)c1. The molecule has 0 saturated heterocycles. The molecule has 5 rings (SSSR count). The number of fused-ring (bicyclic) bond motifs is 2. The Bertz CT molecular complexity index is 1520. The predicted octanol–water partition coefficient (Wildman–Crippen LogP) is 5.23. The summed E-state index contributed by atoms with van der Waals surface area (Å²) in [6.07, 6.45) is 1.98. The summed E-state index contributed by atoms with van der Waals surface area (Å²) in [4.78, 5) is 2.17. The van der Waals surface area contributed by atoms with E-state index in [1.54, 1.807) is 26.0 Å². The number of benzene rings is 3. The van der Waals surface area contributed by atoms with Crippen LogP contribution < -0.4 is 9.58 Å². The molecule has 0 saturated carbocycles. The van der Waals surface area contributed by atoms with Gasteiger partial charge < -0.3 is 4.55 Å². The van der Waals surface area contributed by atoms with Crippen LogP contribution >= 0.6 is 0 Å². The molecule has 1 aliphatic rings. The minimum atomic E-state index is -4.33. The summed E-state index contributed by atoms with van der Waals surface area (Å²) in [5.74, 6) is 1.14. The average molecular weight is 490 g/mol. The first-order valence-corrected chi connectivity index (χ1v) is 13.2. The standard InChI is InChI=1S/C19H20N3.C9H12O3S/c1-4-13-12-18-21(3)16-10-6-8-14-9-7-11-17(19(14)16)22(18)20-15(13)5-2;1-6-4-7(2)9(8(3)5-6)13(10,11)12/h6-12H,4-5H2,1-3H3;4-5H,1-3H3,(H,10,11,12)/q+1;/p-1. The molecule has 4 aromatic rings. The average Bonchev–Trinajstić information content (AvgIpc) is 2.80. The summed E-state index contributed by atoms with van der Waals surface area (Å²) >= 11 is 0. The molecule has 0 unspecified atom stereocenters. The molecule has 182 valence electrons. The second kappa shape index (κ2) is 9.40. The van der Waals surface area contributed by atoms with Crippen LogP contribution in [0.5, 0.6) is 0 Å². The molecule has 0 bridgehead atoms. The van der Waals surface area contributed by atoms with E-state index in [9.17, 15) is 13.0 Å². The van der Waals surface area contributed by atoms with E-state index in [-0.39, 0.29) is 4.90 Å². The van der Waals surface area contributed by atoms with Gasteiger partial charge in [-0.3, -0.25) is 0 Å². The Morgan fingerprint density at radius 2 is 1.57 bits per heavy atom. The Hall–Kier alpha value is -3.29. The number of rotatable bonds is 3. The summed E-state index contributed by atoms with van der Waals surface area (Å²) in [5, 5.41) is 7.50. The second-order valence-corrected chi connectivity index (χ2v) is 10.3. The highest BCUT2D eigenvalue weighted by molar-refractivity contribution is 7.85. The quantitative estimate of drug-likeness (QED) is 0.291. The van der Waals surface area contributed by atoms with Crippen molar-refractivity contribution in [3.8, 4) is 5.69 Å². The maximum absolute atomic E-state index is 10.8. The Morgan fingerprint density at radius 3 is 2.14 bits per heavy atom. The van der Waals surface area contributed by atoms with Crippen molar-refractivity contribution >= 4 is 32.4 Å². The van der Waals surface area contributed by atoms with Gasteiger partial charge in [0, 0.05) is 6.07 Å². The van der Waals surface area contributed by atoms with Gasteiger partial charge in [-0.2, -0.15) is 0 Å². The monoisotopic (exact) mass is 489 g/mol. The highest BCUT2D eigenvalue weighted by atomic mass is 32.2. The van der Waals surface area contributed by atoms with Gasteiger partial charge in [0.15, 0.2) is 5.69 Å². The Balaban J connectivity index is 0.000000191. The van der Waals surface area contributed by atoms with Crippen LogP contribution in [0.2, 0.25) is 0 Å². The van der Waals surface area contributed by atoms with Gasteiger partial charge in [0.2, 0.25) is 0 Å². The molecular weight excluding hydrogens is 458 g/mol. The molecule has 3 aromatic carbocycles. The maximum atomic E-state index is 10.8. The zero-order valence-corrected chi connectivity index (χ0v) is 21.9. The van der Waals surface area contributed by atoms with E-state index in [0.29, 0.717) is 11.1 Å². The van der Waals surface area contributed by atoms with Gasteiger partial charge in [0.25, 0.3) is 0 Å². The minimum absolute atomic E-state index is 0.0851. The lowest BCUT2D eigenvalue weighted by molar-refractivity contribution is -0.647. The fourth-order valence-electron chi connectivity index (χ4n) is 5.00. The Morgan fingerprint density at radius 1 is 0.943 bits per heavy atom. The third-order valence-electron chi connectivity index (χ3n) is 6.48. The van der Waals surface area contributed by atoms with Crippen molar-refractivity contribution in [2.45, 2.75) is 52.4 Å². The normalized spacial score (nSPS) is 12.3. The fourth-order valence-corrected chi connectivity index (χ4v) is 5.91. The number of nitrogens with zero attached hydrogens (tertiary/aromatic N) is 3. The molecule has 7 heteroatoms. The molecule has 0 spiro atoms. The van der Waals surface area contributed by atoms with Crippen LogP contribution in [0.15, 0.2) is 59.5 Å². The molecular formula is C28H31N3O3S. The van der Waals surface area contributed by atoms with Crippen molar-refractivity contribution in [2.75, 3.05) is 11.9 Å². The van der Waals surface area contributed by atoms with Crippen LogP contribution in [-0.2, 0) is 23.0 Å². The van der Waals surface area contributed by atoms with Crippen LogP contribution in [0.3, 0.4) is 0 Å². The number of anilines is 2. The molecule has 6 nitrogen and oxygen atoms in total. The summed E-state index contributed by atoms with van der Waals surface area (Å²) in [5.41, 5.74) is 6.96. The first-order chi connectivity index (χ1) is 16.6. The Labute approximate surface area is 207 Å². The first-order valence-electron chi connectivity index (χ1n) is 11.8. The summed E-state index contributed by atoms with van der Waals surface area (Å²) < 4.78 is 34.6. The number of hydrogen-bond acceptors (Lipinski definition) is 5. The zero-order valence-electron chi connectivity index (χ0n) is 21.1. The van der Waals surface area contributed by atoms with Gasteiger partial charge >= 0.3 is 5.82 Å². The minimum Gasteiger partial charge on any atom is -0.744 e. The van der Waals surface area contributed by atoms with Crippen molar-refractivity contribution in [1.29, 1.82) is 0 Å². The summed E-state index contributed by atoms with van der Waals surface area (Å²) in [7, 11) is -2.20. The fraction of sp³-hybridized carbons (Fsp3) is 0.286. The van der Waals surface area contributed by atoms with Crippen molar-refractivity contribution in [2.24, 2.45) is 0 Å². The number of aromatic nitrogens is 2. The van der Waals surface area contributed by atoms with Crippen LogP contribution in [0.4, 0.5) is 11.5 Å². The summed E-state index contributed by atoms with van der Waals surface area (Å²) in [6, 6.07) is 18.6. The third-order valence-corrected chi connectivity index (χ3v) is 7.62. The molecule has 0 fully saturated rings. The maximum Gasteiger partial charge on any atom is 0.308 e. The van der Waals surface area contributed by atoms with Crippen molar-refractivity contribution in [1.82, 2.24) is 5.10 Å². The Kier molecular flexibility index (Phi) is 6.66. The van der Waals surface area contributed by atoms with E-state index in [2.05, 4.69) is 72.9 Å². The smallest absolute Gasteiger partial charge is 0.308 e. The molecule has 0 aliphatic carbocycles. The van der Waals surface area contributed by atoms with Crippen LogP contribution in [0, 0.1) is 20.8 Å². The van der Waals surface area contributed by atoms with Gasteiger partial charge in [-0.15, -0.1) is 0 Å². The lowest BCUT2D eigenvalue weighted by atomic mass is 10.0. The van der Waals surface area contributed by atoms with E-state index in [4.69, 9.17) is 5.10 Å². The van der Waals surface area contributed by atoms with Crippen LogP contribution in [0.25, 0.3) is 16.5 Å². The highest BCUT2D eigenvalue weighted by Gasteiger charge is 2.31. The van der Waals surface area contributed by atoms with Gasteiger partial charge in [-0.25, -0.2) is 13.3 Å². The molecule has 0 radical (unpaired) electrons. The molecule has 1 aliphatic heterocycles. The number of hydrogen-bond donors (Lipinski definition) is 0. The van der Waals surface area contributed by atoms with Crippen LogP contribution in [0.1, 0.15) is 41.8 Å². The molecule has 0 amide bonds. The summed E-state index contributed by atoms with van der Waals surface area (Å²) in [6.45, 7) is 9.50. The second-order valence-electron chi connectivity index (χ2n) is 8.99. The third kappa shape index (κ3) is 4.54. The van der Waals surface area contributed by atoms with E-state index in [0.717, 1.165) is 24.2 Å². The molecule has 2 heterocycles. The topological polar surface area (TPSA) is 77.2 Å². The predicted molar refractivity (Wildman–Crippen MR) is 139 cm³/mol. The van der Waals surface area contributed by atoms with Gasteiger partial charge in [-0.05, 0) is 67.8 Å². The van der Waals surface area contributed by atoms with E-state index in [1.807, 2.05) is 6.92 Å². The van der Waals surface area contributed by atoms with E-state index >= 15 is 0 Å². The first kappa shape index (κ1) is 24.8. The van der Waals surface area contributed by atoms with Crippen LogP contribution in [-0.4, -0.2) is 25.1 Å². The van der Waals surface area contributed by atoms with Crippen molar-refractivity contribution in [3.63, 3.8) is 0 Å². The van der Waals surface area contributed by atoms with E-state index < -0.39 is 10.1 Å². The number of aryl methyl sites for hydroxylation is 5. The highest BCUT2D eigenvalue weighted by Crippen LogP contribution is 2.36. The molecule has 1 aromatic heterocycles. The van der Waals surface area contributed by atoms with Crippen molar-refractivity contribution in [3.05, 3.63) is 82.5 Å². The molecule has 0 atom stereocenters. The van der Waals surface area contributed by atoms with Crippen molar-refractivity contribution < 1.29 is 17.7 Å². The molecule has 35 heavy (non-hydrogen) atoms. The van der Waals surface area contributed by atoms with E-state index in [1.165, 1.54) is 33.4 Å². The zero-order chi connectivity index (χ0) is 25.5. The largest absolute Gasteiger partial charge is 0.744 e. The lowest BCUT2D eigenvalue weighted by Crippen LogP contribution is -2.44. The van der Waals surface area contributed by atoms with Gasteiger partial charge in [0.1, 0.15) is 15.8 Å². The molecule has 0 N–H and O–H groups in total. The lowest BCUT2D eigenvalue weighted by Gasteiger charge is -2.23. The van der Waals surface area contributed by atoms with Gasteiger partial charge in [-0.1, -0.05) is 65.6 Å².